The largest absolute Gasteiger partial charge is 0.441 e. The summed E-state index contributed by atoms with van der Waals surface area (Å²) < 4.78 is 7.68. The van der Waals surface area contributed by atoms with Crippen molar-refractivity contribution < 1.29 is 9.21 Å². The van der Waals surface area contributed by atoms with E-state index in [2.05, 4.69) is 15.3 Å². The molecular weight excluding hydrogens is 400 g/mol. The molecule has 2 aromatic heterocycles. The lowest BCUT2D eigenvalue weighted by Crippen LogP contribution is -2.31. The number of oxazole rings is 1. The summed E-state index contributed by atoms with van der Waals surface area (Å²) >= 11 is 6.02. The summed E-state index contributed by atoms with van der Waals surface area (Å²) in [5, 5.41) is 3.71. The Morgan fingerprint density at radius 1 is 1.13 bits per heavy atom. The number of rotatable bonds is 7. The van der Waals surface area contributed by atoms with Crippen LogP contribution >= 0.6 is 11.6 Å². The minimum Gasteiger partial charge on any atom is -0.441 e. The fraction of sp³-hybridized carbons (Fsp3) is 0.174. The zero-order valence-corrected chi connectivity index (χ0v) is 17.2. The number of carbonyl (C=O) groups is 1. The highest BCUT2D eigenvalue weighted by Crippen LogP contribution is 2.23. The molecule has 0 unspecified atom stereocenters. The Balaban J connectivity index is 1.44. The Kier molecular flexibility index (Phi) is 5.95. The Bertz CT molecular complexity index is 1120. The number of aryl methyl sites for hydroxylation is 2. The molecule has 6 nitrogen and oxygen atoms in total. The molecule has 152 valence electrons. The molecule has 4 rings (SSSR count). The van der Waals surface area contributed by atoms with E-state index < -0.39 is 0 Å². The quantitative estimate of drug-likeness (QED) is 0.475. The number of benzene rings is 2. The van der Waals surface area contributed by atoms with Crippen molar-refractivity contribution in [2.75, 3.05) is 0 Å². The van der Waals surface area contributed by atoms with Gasteiger partial charge < -0.3 is 14.3 Å². The summed E-state index contributed by atoms with van der Waals surface area (Å²) in [5.41, 5.74) is 1.86. The van der Waals surface area contributed by atoms with Gasteiger partial charge in [0, 0.05) is 42.9 Å². The molecule has 2 aromatic carbocycles. The summed E-state index contributed by atoms with van der Waals surface area (Å²) in [4.78, 5) is 21.4. The molecular formula is C23H21ClN4O2. The summed E-state index contributed by atoms with van der Waals surface area (Å²) in [7, 11) is 1.90. The number of hydrogen-bond donors (Lipinski definition) is 1. The number of imidazole rings is 1. The molecule has 0 saturated carbocycles. The molecule has 2 heterocycles. The number of carbonyl (C=O) groups excluding carboxylic acids is 1. The molecule has 0 saturated heterocycles. The fourth-order valence-electron chi connectivity index (χ4n) is 3.22. The van der Waals surface area contributed by atoms with Crippen LogP contribution in [0.2, 0.25) is 5.02 Å². The minimum absolute atomic E-state index is 0.114. The van der Waals surface area contributed by atoms with Crippen molar-refractivity contribution in [2.24, 2.45) is 7.05 Å². The molecule has 0 bridgehead atoms. The minimum atomic E-state index is -0.376. The van der Waals surface area contributed by atoms with Crippen molar-refractivity contribution in [3.05, 3.63) is 95.5 Å². The third kappa shape index (κ3) is 4.60. The predicted molar refractivity (Wildman–Crippen MR) is 115 cm³/mol. The van der Waals surface area contributed by atoms with Gasteiger partial charge in [-0.25, -0.2) is 9.97 Å². The summed E-state index contributed by atoms with van der Waals surface area (Å²) in [6.45, 7) is 0. The molecule has 1 atom stereocenters. The van der Waals surface area contributed by atoms with Gasteiger partial charge >= 0.3 is 0 Å². The van der Waals surface area contributed by atoms with Crippen molar-refractivity contribution in [2.45, 2.75) is 18.9 Å². The Labute approximate surface area is 179 Å². The van der Waals surface area contributed by atoms with Crippen LogP contribution in [-0.2, 0) is 18.3 Å². The SMILES string of the molecule is Cn1ccnc1[C@@H](NC(=O)CCc1ncc(-c2ccccc2)o1)c1ccc(Cl)cc1. The maximum absolute atomic E-state index is 12.7. The van der Waals surface area contributed by atoms with E-state index in [0.29, 0.717) is 23.1 Å². The van der Waals surface area contributed by atoms with E-state index in [9.17, 15) is 4.79 Å². The van der Waals surface area contributed by atoms with E-state index in [1.54, 1.807) is 24.5 Å². The first-order valence-electron chi connectivity index (χ1n) is 9.62. The molecule has 1 N–H and O–H groups in total. The molecule has 0 spiro atoms. The molecule has 0 aliphatic heterocycles. The first-order chi connectivity index (χ1) is 14.6. The van der Waals surface area contributed by atoms with E-state index in [4.69, 9.17) is 16.0 Å². The monoisotopic (exact) mass is 420 g/mol. The number of aromatic nitrogens is 3. The first kappa shape index (κ1) is 19.9. The second kappa shape index (κ2) is 8.97. The van der Waals surface area contributed by atoms with Crippen LogP contribution < -0.4 is 5.32 Å². The van der Waals surface area contributed by atoms with Gasteiger partial charge in [0.1, 0.15) is 11.9 Å². The van der Waals surface area contributed by atoms with Crippen LogP contribution in [-0.4, -0.2) is 20.4 Å². The molecule has 0 radical (unpaired) electrons. The van der Waals surface area contributed by atoms with Gasteiger partial charge in [0.15, 0.2) is 11.7 Å². The van der Waals surface area contributed by atoms with E-state index >= 15 is 0 Å². The highest BCUT2D eigenvalue weighted by Gasteiger charge is 2.21. The van der Waals surface area contributed by atoms with Crippen LogP contribution in [0, 0.1) is 0 Å². The average Bonchev–Trinajstić information content (AvgIpc) is 3.41. The molecule has 0 aliphatic carbocycles. The zero-order chi connectivity index (χ0) is 20.9. The topological polar surface area (TPSA) is 73.0 Å². The van der Waals surface area contributed by atoms with Crippen molar-refractivity contribution in [3.63, 3.8) is 0 Å². The molecule has 1 amide bonds. The Morgan fingerprint density at radius 2 is 1.90 bits per heavy atom. The number of nitrogens with one attached hydrogen (secondary N) is 1. The van der Waals surface area contributed by atoms with Crippen LogP contribution in [0.5, 0.6) is 0 Å². The maximum atomic E-state index is 12.7. The average molecular weight is 421 g/mol. The predicted octanol–water partition coefficient (Wildman–Crippen LogP) is 4.57. The number of halogens is 1. The summed E-state index contributed by atoms with van der Waals surface area (Å²) in [6.07, 6.45) is 5.91. The number of nitrogens with zero attached hydrogens (tertiary/aromatic N) is 3. The van der Waals surface area contributed by atoms with Gasteiger partial charge in [-0.2, -0.15) is 0 Å². The molecule has 0 aliphatic rings. The van der Waals surface area contributed by atoms with E-state index in [-0.39, 0.29) is 18.4 Å². The second-order valence-electron chi connectivity index (χ2n) is 6.93. The highest BCUT2D eigenvalue weighted by atomic mass is 35.5. The molecule has 0 fully saturated rings. The molecule has 7 heteroatoms. The maximum Gasteiger partial charge on any atom is 0.221 e. The van der Waals surface area contributed by atoms with Gasteiger partial charge in [-0.05, 0) is 17.7 Å². The van der Waals surface area contributed by atoms with Gasteiger partial charge in [0.05, 0.1) is 6.20 Å². The van der Waals surface area contributed by atoms with Crippen molar-refractivity contribution in [1.29, 1.82) is 0 Å². The van der Waals surface area contributed by atoms with Crippen LogP contribution in [0.15, 0.2) is 77.6 Å². The van der Waals surface area contributed by atoms with Gasteiger partial charge in [0.2, 0.25) is 5.91 Å². The number of hydrogen-bond acceptors (Lipinski definition) is 4. The lowest BCUT2D eigenvalue weighted by atomic mass is 10.1. The summed E-state index contributed by atoms with van der Waals surface area (Å²) in [5.74, 6) is 1.85. The van der Waals surface area contributed by atoms with Gasteiger partial charge in [-0.3, -0.25) is 4.79 Å². The van der Waals surface area contributed by atoms with E-state index in [1.165, 1.54) is 0 Å². The third-order valence-corrected chi connectivity index (χ3v) is 5.06. The first-order valence-corrected chi connectivity index (χ1v) is 10.00. The van der Waals surface area contributed by atoms with E-state index in [1.807, 2.05) is 60.3 Å². The molecule has 4 aromatic rings. The van der Waals surface area contributed by atoms with Crippen molar-refractivity contribution in [3.8, 4) is 11.3 Å². The normalized spacial score (nSPS) is 11.9. The van der Waals surface area contributed by atoms with Crippen molar-refractivity contribution in [1.82, 2.24) is 19.9 Å². The van der Waals surface area contributed by atoms with Gasteiger partial charge in [-0.15, -0.1) is 0 Å². The lowest BCUT2D eigenvalue weighted by Gasteiger charge is -2.19. The van der Waals surface area contributed by atoms with Crippen LogP contribution in [0.4, 0.5) is 0 Å². The summed E-state index contributed by atoms with van der Waals surface area (Å²) in [6, 6.07) is 16.8. The van der Waals surface area contributed by atoms with Gasteiger partial charge in [-0.1, -0.05) is 54.1 Å². The highest BCUT2D eigenvalue weighted by molar-refractivity contribution is 6.30. The van der Waals surface area contributed by atoms with Gasteiger partial charge in [0.25, 0.3) is 0 Å². The number of amides is 1. The Hall–Kier alpha value is -3.38. The third-order valence-electron chi connectivity index (χ3n) is 4.80. The van der Waals surface area contributed by atoms with Crippen LogP contribution in [0.25, 0.3) is 11.3 Å². The smallest absolute Gasteiger partial charge is 0.221 e. The Morgan fingerprint density at radius 3 is 2.60 bits per heavy atom. The molecule has 30 heavy (non-hydrogen) atoms. The van der Waals surface area contributed by atoms with E-state index in [0.717, 1.165) is 17.0 Å². The standard InChI is InChI=1S/C23H21ClN4O2/c1-28-14-13-25-23(28)22(17-7-9-18(24)10-8-17)27-20(29)11-12-21-26-15-19(30-21)16-5-3-2-4-6-16/h2-10,13-15,22H,11-12H2,1H3,(H,27,29)/t22-/m0/s1. The van der Waals surface area contributed by atoms with Crippen molar-refractivity contribution >= 4 is 17.5 Å². The van der Waals surface area contributed by atoms with Crippen LogP contribution in [0.3, 0.4) is 0 Å². The zero-order valence-electron chi connectivity index (χ0n) is 16.5. The fourth-order valence-corrected chi connectivity index (χ4v) is 3.35. The van der Waals surface area contributed by atoms with Crippen LogP contribution in [0.1, 0.15) is 29.7 Å². The second-order valence-corrected chi connectivity index (χ2v) is 7.37. The lowest BCUT2D eigenvalue weighted by molar-refractivity contribution is -0.121.